The Morgan fingerprint density at radius 3 is 2.37 bits per heavy atom. The molecule has 2 fully saturated rings. The van der Waals surface area contributed by atoms with Crippen LogP contribution in [0.3, 0.4) is 0 Å². The first-order valence-electron chi connectivity index (χ1n) is 10.9. The second kappa shape index (κ2) is 10.6. The van der Waals surface area contributed by atoms with E-state index in [-0.39, 0.29) is 16.6 Å². The molecule has 9 heteroatoms. The second-order valence-electron chi connectivity index (χ2n) is 7.86. The Kier molecular flexibility index (Phi) is 8.10. The fraction of sp³-hybridized carbons (Fsp3) is 0.667. The predicted octanol–water partition coefficient (Wildman–Crippen LogP) is 1.24. The lowest BCUT2D eigenvalue weighted by Crippen LogP contribution is -2.46. The summed E-state index contributed by atoms with van der Waals surface area (Å²) in [6.45, 7) is 10.2. The van der Waals surface area contributed by atoms with E-state index in [0.717, 1.165) is 58.5 Å². The normalized spacial score (nSPS) is 19.1. The average molecular weight is 439 g/mol. The van der Waals surface area contributed by atoms with Gasteiger partial charge in [0, 0.05) is 51.4 Å². The first-order chi connectivity index (χ1) is 14.5. The van der Waals surface area contributed by atoms with Crippen molar-refractivity contribution in [3.05, 3.63) is 23.8 Å². The summed E-state index contributed by atoms with van der Waals surface area (Å²) in [5.74, 6) is 0.0102. The number of nitrogens with one attached hydrogen (secondary N) is 1. The molecule has 1 amide bonds. The SMILES string of the molecule is CCN1CCN(CCCNC(=O)c2ccc(OC)c(S(=O)(=O)N3CCCC3)c2)CC1. The van der Waals surface area contributed by atoms with Gasteiger partial charge in [0.25, 0.3) is 5.91 Å². The molecule has 0 unspecified atom stereocenters. The number of ether oxygens (including phenoxy) is 1. The molecule has 2 saturated heterocycles. The number of methoxy groups -OCH3 is 1. The number of carbonyl (C=O) groups is 1. The van der Waals surface area contributed by atoms with Crippen molar-refractivity contribution >= 4 is 15.9 Å². The highest BCUT2D eigenvalue weighted by Crippen LogP contribution is 2.29. The molecule has 0 atom stereocenters. The molecule has 0 aromatic heterocycles. The van der Waals surface area contributed by atoms with Gasteiger partial charge in [-0.25, -0.2) is 8.42 Å². The summed E-state index contributed by atoms with van der Waals surface area (Å²) < 4.78 is 32.7. The monoisotopic (exact) mass is 438 g/mol. The Hall–Kier alpha value is -1.68. The van der Waals surface area contributed by atoms with E-state index in [0.29, 0.717) is 25.2 Å². The lowest BCUT2D eigenvalue weighted by Gasteiger charge is -2.33. The van der Waals surface area contributed by atoms with E-state index in [9.17, 15) is 13.2 Å². The summed E-state index contributed by atoms with van der Waals surface area (Å²) in [4.78, 5) is 17.5. The maximum Gasteiger partial charge on any atom is 0.251 e. The van der Waals surface area contributed by atoms with Crippen LogP contribution in [0.1, 0.15) is 36.5 Å². The quantitative estimate of drug-likeness (QED) is 0.584. The molecule has 0 radical (unpaired) electrons. The molecular formula is C21H34N4O4S. The molecule has 1 N–H and O–H groups in total. The topological polar surface area (TPSA) is 82.2 Å². The average Bonchev–Trinajstić information content (AvgIpc) is 3.32. The van der Waals surface area contributed by atoms with Crippen LogP contribution < -0.4 is 10.1 Å². The summed E-state index contributed by atoms with van der Waals surface area (Å²) in [5, 5.41) is 2.92. The summed E-state index contributed by atoms with van der Waals surface area (Å²) in [6.07, 6.45) is 2.58. The molecule has 0 aliphatic carbocycles. The molecule has 0 spiro atoms. The van der Waals surface area contributed by atoms with E-state index in [1.54, 1.807) is 12.1 Å². The zero-order chi connectivity index (χ0) is 21.6. The van der Waals surface area contributed by atoms with Crippen LogP contribution in [-0.4, -0.2) is 94.4 Å². The Labute approximate surface area is 180 Å². The van der Waals surface area contributed by atoms with Crippen molar-refractivity contribution in [2.75, 3.05) is 66.0 Å². The summed E-state index contributed by atoms with van der Waals surface area (Å²) in [5.41, 5.74) is 0.338. The van der Waals surface area contributed by atoms with Gasteiger partial charge in [-0.1, -0.05) is 6.92 Å². The molecule has 1 aromatic rings. The van der Waals surface area contributed by atoms with Crippen LogP contribution in [0.15, 0.2) is 23.1 Å². The molecule has 2 heterocycles. The highest BCUT2D eigenvalue weighted by atomic mass is 32.2. The Morgan fingerprint density at radius 1 is 1.07 bits per heavy atom. The molecule has 168 valence electrons. The van der Waals surface area contributed by atoms with E-state index in [1.165, 1.54) is 17.5 Å². The molecule has 0 saturated carbocycles. The third-order valence-electron chi connectivity index (χ3n) is 5.96. The van der Waals surface area contributed by atoms with Crippen LogP contribution in [-0.2, 0) is 10.0 Å². The third-order valence-corrected chi connectivity index (χ3v) is 7.88. The fourth-order valence-corrected chi connectivity index (χ4v) is 5.72. The van der Waals surface area contributed by atoms with Gasteiger partial charge in [0.2, 0.25) is 10.0 Å². The standard InChI is InChI=1S/C21H34N4O4S/c1-3-23-13-15-24(16-14-23)10-6-9-22-21(26)18-7-8-19(29-2)20(17-18)30(27,28)25-11-4-5-12-25/h7-8,17H,3-6,9-16H2,1-2H3,(H,22,26). The molecule has 30 heavy (non-hydrogen) atoms. The van der Waals surface area contributed by atoms with Crippen molar-refractivity contribution in [1.82, 2.24) is 19.4 Å². The maximum atomic E-state index is 13.0. The predicted molar refractivity (Wildman–Crippen MR) is 116 cm³/mol. The molecule has 1 aromatic carbocycles. The van der Waals surface area contributed by atoms with E-state index in [4.69, 9.17) is 4.74 Å². The van der Waals surface area contributed by atoms with E-state index in [1.807, 2.05) is 0 Å². The van der Waals surface area contributed by atoms with Crippen LogP contribution in [0.25, 0.3) is 0 Å². The number of rotatable bonds is 9. The highest BCUT2D eigenvalue weighted by molar-refractivity contribution is 7.89. The van der Waals surface area contributed by atoms with Crippen LogP contribution >= 0.6 is 0 Å². The summed E-state index contributed by atoms with van der Waals surface area (Å²) >= 11 is 0. The van der Waals surface area contributed by atoms with Gasteiger partial charge in [-0.3, -0.25) is 4.79 Å². The molecule has 0 bridgehead atoms. The van der Waals surface area contributed by atoms with Crippen LogP contribution in [0.4, 0.5) is 0 Å². The van der Waals surface area contributed by atoms with Crippen molar-refractivity contribution in [3.63, 3.8) is 0 Å². The lowest BCUT2D eigenvalue weighted by molar-refractivity contribution is 0.0948. The molecule has 8 nitrogen and oxygen atoms in total. The molecular weight excluding hydrogens is 404 g/mol. The number of piperazine rings is 1. The molecule has 2 aliphatic heterocycles. The highest BCUT2D eigenvalue weighted by Gasteiger charge is 2.30. The third kappa shape index (κ3) is 5.51. The van der Waals surface area contributed by atoms with Gasteiger partial charge in [0.15, 0.2) is 0 Å². The fourth-order valence-electron chi connectivity index (χ4n) is 4.02. The first-order valence-corrected chi connectivity index (χ1v) is 12.3. The zero-order valence-electron chi connectivity index (χ0n) is 18.1. The number of hydrogen-bond donors (Lipinski definition) is 1. The molecule has 2 aliphatic rings. The zero-order valence-corrected chi connectivity index (χ0v) is 18.9. The Bertz CT molecular complexity index is 816. The number of carbonyl (C=O) groups excluding carboxylic acids is 1. The van der Waals surface area contributed by atoms with Crippen LogP contribution in [0.5, 0.6) is 5.75 Å². The number of sulfonamides is 1. The number of nitrogens with zero attached hydrogens (tertiary/aromatic N) is 3. The number of benzene rings is 1. The lowest BCUT2D eigenvalue weighted by atomic mass is 10.2. The second-order valence-corrected chi connectivity index (χ2v) is 9.77. The smallest absolute Gasteiger partial charge is 0.251 e. The number of likely N-dealkylation sites (N-methyl/N-ethyl adjacent to an activating group) is 1. The Balaban J connectivity index is 1.56. The Morgan fingerprint density at radius 2 is 1.73 bits per heavy atom. The van der Waals surface area contributed by atoms with Gasteiger partial charge >= 0.3 is 0 Å². The van der Waals surface area contributed by atoms with Crippen molar-refractivity contribution in [3.8, 4) is 5.75 Å². The summed E-state index contributed by atoms with van der Waals surface area (Å²) in [7, 11) is -2.22. The van der Waals surface area contributed by atoms with Crippen molar-refractivity contribution in [2.45, 2.75) is 31.1 Å². The van der Waals surface area contributed by atoms with E-state index in [2.05, 4.69) is 22.0 Å². The van der Waals surface area contributed by atoms with Crippen LogP contribution in [0.2, 0.25) is 0 Å². The van der Waals surface area contributed by atoms with Gasteiger partial charge in [-0.2, -0.15) is 4.31 Å². The number of amides is 1. The van der Waals surface area contributed by atoms with Gasteiger partial charge in [0.05, 0.1) is 7.11 Å². The molecule has 3 rings (SSSR count). The van der Waals surface area contributed by atoms with E-state index < -0.39 is 10.0 Å². The maximum absolute atomic E-state index is 13.0. The van der Waals surface area contributed by atoms with Gasteiger partial charge in [0.1, 0.15) is 10.6 Å². The summed E-state index contributed by atoms with van der Waals surface area (Å²) in [6, 6.07) is 4.61. The number of hydrogen-bond acceptors (Lipinski definition) is 6. The first kappa shape index (κ1) is 23.0. The van der Waals surface area contributed by atoms with E-state index >= 15 is 0 Å². The van der Waals surface area contributed by atoms with Gasteiger partial charge < -0.3 is 19.9 Å². The minimum atomic E-state index is -3.67. The van der Waals surface area contributed by atoms with Crippen LogP contribution in [0, 0.1) is 0 Å². The van der Waals surface area contributed by atoms with Crippen molar-refractivity contribution < 1.29 is 17.9 Å². The largest absolute Gasteiger partial charge is 0.495 e. The van der Waals surface area contributed by atoms with Crippen molar-refractivity contribution in [2.24, 2.45) is 0 Å². The van der Waals surface area contributed by atoms with Crippen molar-refractivity contribution in [1.29, 1.82) is 0 Å². The minimum absolute atomic E-state index is 0.0633. The van der Waals surface area contributed by atoms with Gasteiger partial charge in [-0.15, -0.1) is 0 Å². The minimum Gasteiger partial charge on any atom is -0.495 e. The van der Waals surface area contributed by atoms with Gasteiger partial charge in [-0.05, 0) is 50.6 Å².